The molecule has 5 atom stereocenters. The smallest absolute Gasteiger partial charge is 0.443 e. The van der Waals surface area contributed by atoms with Crippen molar-refractivity contribution in [1.82, 2.24) is 9.78 Å². The van der Waals surface area contributed by atoms with E-state index in [-0.39, 0.29) is 12.0 Å². The van der Waals surface area contributed by atoms with Crippen molar-refractivity contribution < 1.29 is 52.2 Å². The Morgan fingerprint density at radius 2 is 1.81 bits per heavy atom. The molecule has 200 valence electrons. The van der Waals surface area contributed by atoms with Crippen molar-refractivity contribution in [3.63, 3.8) is 0 Å². The molecule has 10 nitrogen and oxygen atoms in total. The summed E-state index contributed by atoms with van der Waals surface area (Å²) < 4.78 is 64.1. The lowest BCUT2D eigenvalue weighted by Crippen LogP contribution is -2.60. The number of hydrogen-bond donors (Lipinski definition) is 3. The van der Waals surface area contributed by atoms with Gasteiger partial charge < -0.3 is 34.3 Å². The molecule has 0 radical (unpaired) electrons. The lowest BCUT2D eigenvalue weighted by molar-refractivity contribution is -0.278. The fourth-order valence-electron chi connectivity index (χ4n) is 3.65. The van der Waals surface area contributed by atoms with E-state index in [2.05, 4.69) is 25.8 Å². The zero-order valence-electron chi connectivity index (χ0n) is 19.5. The molecular weight excluding hydrogens is 557 g/mol. The van der Waals surface area contributed by atoms with Crippen LogP contribution in [0.2, 0.25) is 0 Å². The minimum absolute atomic E-state index is 0.215. The van der Waals surface area contributed by atoms with Gasteiger partial charge in [-0.25, -0.2) is 4.79 Å². The third-order valence-electron chi connectivity index (χ3n) is 5.45. The molecule has 1 aliphatic heterocycles. The summed E-state index contributed by atoms with van der Waals surface area (Å²) in [6.07, 6.45) is -14.6. The first kappa shape index (κ1) is 28.2. The number of rotatable bonds is 7. The summed E-state index contributed by atoms with van der Waals surface area (Å²) in [7, 11) is 1.06. The first-order valence-electron chi connectivity index (χ1n) is 10.8. The minimum Gasteiger partial charge on any atom is -0.443 e. The fraction of sp³-hybridized carbons (Fsp3) is 0.545. The van der Waals surface area contributed by atoms with Gasteiger partial charge in [0, 0.05) is 16.9 Å². The number of benzene rings is 1. The SMILES string of the molecule is COC(=O)OC[C@H]1O[C@@H](Oc2nn(C(C)C)c(C(F)(F)F)c2Cc2ccc(Br)cc2)[C@H](O)[C@@H](O)[C@@H]1O. The third kappa shape index (κ3) is 6.29. The van der Waals surface area contributed by atoms with Gasteiger partial charge in [0.1, 0.15) is 36.7 Å². The lowest BCUT2D eigenvalue weighted by atomic mass is 9.99. The van der Waals surface area contributed by atoms with Crippen LogP contribution < -0.4 is 4.74 Å². The highest BCUT2D eigenvalue weighted by Crippen LogP contribution is 2.40. The standard InChI is InChI=1S/C22H26BrF3N2O8/c1-10(2)28-18(22(24,25)26)13(8-11-4-6-12(23)7-5-11)19(27-28)36-20-17(31)16(30)15(29)14(35-20)9-34-21(32)33-3/h4-7,10,14-17,20,29-31H,8-9H2,1-3H3/t14-,15-,16+,17-,20+/m1/s1. The molecule has 0 spiro atoms. The normalized spacial score (nSPS) is 24.6. The van der Waals surface area contributed by atoms with Gasteiger partial charge >= 0.3 is 12.3 Å². The van der Waals surface area contributed by atoms with Crippen molar-refractivity contribution in [2.75, 3.05) is 13.7 Å². The second-order valence-corrected chi connectivity index (χ2v) is 9.28. The molecule has 36 heavy (non-hydrogen) atoms. The molecule has 14 heteroatoms. The van der Waals surface area contributed by atoms with E-state index in [1.54, 1.807) is 24.3 Å². The van der Waals surface area contributed by atoms with Gasteiger partial charge in [0.05, 0.1) is 12.7 Å². The molecular formula is C22H26BrF3N2O8. The van der Waals surface area contributed by atoms with Crippen LogP contribution in [0.1, 0.15) is 36.7 Å². The van der Waals surface area contributed by atoms with E-state index in [4.69, 9.17) is 14.2 Å². The van der Waals surface area contributed by atoms with E-state index in [1.165, 1.54) is 13.8 Å². The maximum absolute atomic E-state index is 14.2. The topological polar surface area (TPSA) is 132 Å². The van der Waals surface area contributed by atoms with Gasteiger partial charge in [-0.05, 0) is 31.5 Å². The first-order valence-corrected chi connectivity index (χ1v) is 11.6. The van der Waals surface area contributed by atoms with Crippen LogP contribution >= 0.6 is 15.9 Å². The predicted octanol–water partition coefficient (Wildman–Crippen LogP) is 2.81. The van der Waals surface area contributed by atoms with Crippen LogP contribution in [0.3, 0.4) is 0 Å². The Morgan fingerprint density at radius 1 is 1.17 bits per heavy atom. The number of carbonyl (C=O) groups is 1. The second-order valence-electron chi connectivity index (χ2n) is 8.37. The van der Waals surface area contributed by atoms with Gasteiger partial charge in [0.25, 0.3) is 0 Å². The van der Waals surface area contributed by atoms with E-state index in [0.717, 1.165) is 16.3 Å². The van der Waals surface area contributed by atoms with E-state index in [0.29, 0.717) is 5.56 Å². The average molecular weight is 583 g/mol. The molecule has 0 unspecified atom stereocenters. The second kappa shape index (κ2) is 11.3. The number of halogens is 4. The fourth-order valence-corrected chi connectivity index (χ4v) is 3.92. The number of ether oxygens (including phenoxy) is 4. The van der Waals surface area contributed by atoms with Gasteiger partial charge in [-0.3, -0.25) is 4.68 Å². The van der Waals surface area contributed by atoms with Gasteiger partial charge in [-0.2, -0.15) is 13.2 Å². The predicted molar refractivity (Wildman–Crippen MR) is 120 cm³/mol. The zero-order valence-corrected chi connectivity index (χ0v) is 21.1. The van der Waals surface area contributed by atoms with Crippen LogP contribution in [0.15, 0.2) is 28.7 Å². The first-order chi connectivity index (χ1) is 16.8. The molecule has 0 aliphatic carbocycles. The number of nitrogens with zero attached hydrogens (tertiary/aromatic N) is 2. The molecule has 0 bridgehead atoms. The molecule has 1 fully saturated rings. The molecule has 2 heterocycles. The number of methoxy groups -OCH3 is 1. The maximum Gasteiger partial charge on any atom is 0.508 e. The van der Waals surface area contributed by atoms with Crippen molar-refractivity contribution in [1.29, 1.82) is 0 Å². The van der Waals surface area contributed by atoms with Crippen LogP contribution in [-0.2, 0) is 26.8 Å². The Bertz CT molecular complexity index is 1050. The molecule has 3 rings (SSSR count). The van der Waals surface area contributed by atoms with Crippen LogP contribution in [-0.4, -0.2) is 75.7 Å². The summed E-state index contributed by atoms with van der Waals surface area (Å²) in [6, 6.07) is 5.91. The van der Waals surface area contributed by atoms with Crippen molar-refractivity contribution in [2.24, 2.45) is 0 Å². The van der Waals surface area contributed by atoms with Crippen LogP contribution in [0, 0.1) is 0 Å². The van der Waals surface area contributed by atoms with Crippen LogP contribution in [0.5, 0.6) is 5.88 Å². The highest BCUT2D eigenvalue weighted by Gasteiger charge is 2.47. The Labute approximate surface area is 212 Å². The number of aliphatic hydroxyl groups excluding tert-OH is 3. The molecule has 1 aliphatic rings. The quantitative estimate of drug-likeness (QED) is 0.421. The molecule has 0 amide bonds. The highest BCUT2D eigenvalue weighted by atomic mass is 79.9. The van der Waals surface area contributed by atoms with E-state index in [9.17, 15) is 33.3 Å². The number of aromatic nitrogens is 2. The summed E-state index contributed by atoms with van der Waals surface area (Å²) >= 11 is 3.28. The Balaban J connectivity index is 1.98. The Hall–Kier alpha value is -2.39. The summed E-state index contributed by atoms with van der Waals surface area (Å²) in [5.41, 5.74) is -0.814. The van der Waals surface area contributed by atoms with E-state index in [1.807, 2.05) is 0 Å². The number of alkyl halides is 3. The summed E-state index contributed by atoms with van der Waals surface area (Å²) in [5, 5.41) is 34.8. The molecule has 2 aromatic rings. The summed E-state index contributed by atoms with van der Waals surface area (Å²) in [4.78, 5) is 11.3. The number of carbonyl (C=O) groups excluding carboxylic acids is 1. The average Bonchev–Trinajstić information content (AvgIpc) is 3.18. The Kier molecular flexibility index (Phi) is 8.88. The minimum atomic E-state index is -4.79. The van der Waals surface area contributed by atoms with E-state index >= 15 is 0 Å². The largest absolute Gasteiger partial charge is 0.508 e. The van der Waals surface area contributed by atoms with Gasteiger partial charge in [-0.1, -0.05) is 28.1 Å². The molecule has 1 saturated heterocycles. The van der Waals surface area contributed by atoms with Crippen molar-refractivity contribution in [3.8, 4) is 5.88 Å². The number of aliphatic hydroxyl groups is 3. The lowest BCUT2D eigenvalue weighted by Gasteiger charge is -2.39. The molecule has 1 aromatic heterocycles. The Morgan fingerprint density at radius 3 is 2.36 bits per heavy atom. The van der Waals surface area contributed by atoms with Crippen LogP contribution in [0.4, 0.5) is 18.0 Å². The summed E-state index contributed by atoms with van der Waals surface area (Å²) in [6.45, 7) is 2.45. The number of hydrogen-bond acceptors (Lipinski definition) is 9. The van der Waals surface area contributed by atoms with Crippen molar-refractivity contribution in [2.45, 2.75) is 63.2 Å². The molecule has 3 N–H and O–H groups in total. The van der Waals surface area contributed by atoms with Gasteiger partial charge in [0.2, 0.25) is 12.2 Å². The highest BCUT2D eigenvalue weighted by molar-refractivity contribution is 9.10. The van der Waals surface area contributed by atoms with Crippen molar-refractivity contribution >= 4 is 22.1 Å². The monoisotopic (exact) mass is 582 g/mol. The molecule has 1 aromatic carbocycles. The van der Waals surface area contributed by atoms with Gasteiger partial charge in [-0.15, -0.1) is 5.10 Å². The van der Waals surface area contributed by atoms with Crippen LogP contribution in [0.25, 0.3) is 0 Å². The zero-order chi connectivity index (χ0) is 26.8. The van der Waals surface area contributed by atoms with Gasteiger partial charge in [0.15, 0.2) is 0 Å². The maximum atomic E-state index is 14.2. The van der Waals surface area contributed by atoms with Crippen molar-refractivity contribution in [3.05, 3.63) is 45.6 Å². The molecule has 0 saturated carbocycles. The summed E-state index contributed by atoms with van der Waals surface area (Å²) in [5.74, 6) is -0.473. The van der Waals surface area contributed by atoms with E-state index < -0.39 is 67.3 Å². The third-order valence-corrected chi connectivity index (χ3v) is 5.98.